The first kappa shape index (κ1) is 16.6. The molecule has 1 N–H and O–H groups in total. The topological polar surface area (TPSA) is 91.8 Å². The van der Waals surface area contributed by atoms with Crippen LogP contribution in [-0.4, -0.2) is 42.7 Å². The van der Waals surface area contributed by atoms with E-state index in [1.54, 1.807) is 12.1 Å². The lowest BCUT2D eigenvalue weighted by Crippen LogP contribution is -2.38. The van der Waals surface area contributed by atoms with Crippen molar-refractivity contribution in [3.05, 3.63) is 29.8 Å². The Morgan fingerprint density at radius 3 is 2.45 bits per heavy atom. The molecule has 0 atom stereocenters. The minimum atomic E-state index is -3.64. The third kappa shape index (κ3) is 3.72. The van der Waals surface area contributed by atoms with E-state index in [1.165, 1.54) is 23.4 Å². The molecule has 1 aliphatic heterocycles. The number of benzene rings is 1. The van der Waals surface area contributed by atoms with Crippen molar-refractivity contribution in [2.75, 3.05) is 13.1 Å². The van der Waals surface area contributed by atoms with Crippen LogP contribution < -0.4 is 0 Å². The number of carboxylic acid groups (broad SMARTS) is 1. The Balaban J connectivity index is 2.13. The van der Waals surface area contributed by atoms with E-state index < -0.39 is 16.0 Å². The van der Waals surface area contributed by atoms with E-state index in [4.69, 9.17) is 5.11 Å². The first-order chi connectivity index (χ1) is 10.3. The molecular formula is C15H19NO5S. The first-order valence-electron chi connectivity index (χ1n) is 7.13. The molecule has 1 fully saturated rings. The highest BCUT2D eigenvalue weighted by Gasteiger charge is 2.30. The zero-order valence-electron chi connectivity index (χ0n) is 12.4. The van der Waals surface area contributed by atoms with Gasteiger partial charge in [-0.3, -0.25) is 9.59 Å². The standard InChI is InChI=1S/C15H19NO5S/c1-11(17)13-3-2-4-14(10-13)22(20,21)16-7-5-12(6-8-16)9-15(18)19/h2-4,10,12H,5-9H2,1H3,(H,18,19). The lowest BCUT2D eigenvalue weighted by Gasteiger charge is -2.30. The van der Waals surface area contributed by atoms with Crippen LogP contribution >= 0.6 is 0 Å². The molecular weight excluding hydrogens is 306 g/mol. The molecule has 7 heteroatoms. The van der Waals surface area contributed by atoms with Gasteiger partial charge in [-0.1, -0.05) is 12.1 Å². The van der Waals surface area contributed by atoms with E-state index in [9.17, 15) is 18.0 Å². The largest absolute Gasteiger partial charge is 0.481 e. The number of sulfonamides is 1. The number of nitrogens with zero attached hydrogens (tertiary/aromatic N) is 1. The van der Waals surface area contributed by atoms with Gasteiger partial charge in [0.1, 0.15) is 0 Å². The van der Waals surface area contributed by atoms with Crippen LogP contribution in [0.3, 0.4) is 0 Å². The molecule has 0 bridgehead atoms. The molecule has 1 aromatic carbocycles. The van der Waals surface area contributed by atoms with E-state index in [-0.39, 0.29) is 23.0 Å². The van der Waals surface area contributed by atoms with Gasteiger partial charge in [0.15, 0.2) is 5.78 Å². The van der Waals surface area contributed by atoms with Crippen LogP contribution in [0.25, 0.3) is 0 Å². The summed E-state index contributed by atoms with van der Waals surface area (Å²) in [5.74, 6) is -1.01. The Hall–Kier alpha value is -1.73. The molecule has 0 aromatic heterocycles. The van der Waals surface area contributed by atoms with E-state index in [2.05, 4.69) is 0 Å². The molecule has 0 unspecified atom stereocenters. The molecule has 120 valence electrons. The molecule has 1 heterocycles. The Morgan fingerprint density at radius 2 is 1.91 bits per heavy atom. The Morgan fingerprint density at radius 1 is 1.27 bits per heavy atom. The van der Waals surface area contributed by atoms with Gasteiger partial charge in [0, 0.05) is 25.1 Å². The number of aliphatic carboxylic acids is 1. The number of rotatable bonds is 5. The zero-order chi connectivity index (χ0) is 16.3. The van der Waals surface area contributed by atoms with Gasteiger partial charge in [-0.05, 0) is 37.8 Å². The highest BCUT2D eigenvalue weighted by molar-refractivity contribution is 7.89. The highest BCUT2D eigenvalue weighted by Crippen LogP contribution is 2.26. The van der Waals surface area contributed by atoms with Gasteiger partial charge in [-0.15, -0.1) is 0 Å². The zero-order valence-corrected chi connectivity index (χ0v) is 13.2. The SMILES string of the molecule is CC(=O)c1cccc(S(=O)(=O)N2CCC(CC(=O)O)CC2)c1. The van der Waals surface area contributed by atoms with Crippen molar-refractivity contribution in [2.24, 2.45) is 5.92 Å². The molecule has 0 saturated carbocycles. The van der Waals surface area contributed by atoms with E-state index in [1.807, 2.05) is 0 Å². The third-order valence-electron chi connectivity index (χ3n) is 3.92. The maximum atomic E-state index is 12.6. The summed E-state index contributed by atoms with van der Waals surface area (Å²) >= 11 is 0. The van der Waals surface area contributed by atoms with Crippen molar-refractivity contribution >= 4 is 21.8 Å². The summed E-state index contributed by atoms with van der Waals surface area (Å²) in [4.78, 5) is 22.2. The number of hydrogen-bond acceptors (Lipinski definition) is 4. The van der Waals surface area contributed by atoms with Gasteiger partial charge >= 0.3 is 5.97 Å². The van der Waals surface area contributed by atoms with Crippen molar-refractivity contribution in [2.45, 2.75) is 31.1 Å². The molecule has 2 rings (SSSR count). The van der Waals surface area contributed by atoms with Crippen molar-refractivity contribution in [3.63, 3.8) is 0 Å². The number of hydrogen-bond donors (Lipinski definition) is 1. The predicted octanol–water partition coefficient (Wildman–Crippen LogP) is 1.76. The number of carbonyl (C=O) groups excluding carboxylic acids is 1. The van der Waals surface area contributed by atoms with Crippen LogP contribution in [-0.2, 0) is 14.8 Å². The van der Waals surface area contributed by atoms with Gasteiger partial charge in [0.2, 0.25) is 10.0 Å². The fourth-order valence-electron chi connectivity index (χ4n) is 2.63. The predicted molar refractivity (Wildman–Crippen MR) is 80.2 cm³/mol. The smallest absolute Gasteiger partial charge is 0.303 e. The highest BCUT2D eigenvalue weighted by atomic mass is 32.2. The van der Waals surface area contributed by atoms with Crippen LogP contribution in [0.1, 0.15) is 36.5 Å². The summed E-state index contributed by atoms with van der Waals surface area (Å²) in [7, 11) is -3.64. The van der Waals surface area contributed by atoms with Crippen LogP contribution in [0.15, 0.2) is 29.2 Å². The second kappa shape index (κ2) is 6.58. The van der Waals surface area contributed by atoms with Crippen LogP contribution in [0.5, 0.6) is 0 Å². The molecule has 0 spiro atoms. The summed E-state index contributed by atoms with van der Waals surface area (Å²) in [6.45, 7) is 2.01. The first-order valence-corrected chi connectivity index (χ1v) is 8.57. The summed E-state index contributed by atoms with van der Waals surface area (Å²) in [5, 5.41) is 8.79. The maximum Gasteiger partial charge on any atom is 0.303 e. The molecule has 1 saturated heterocycles. The molecule has 22 heavy (non-hydrogen) atoms. The molecule has 6 nitrogen and oxygen atoms in total. The molecule has 0 radical (unpaired) electrons. The molecule has 1 aromatic rings. The fourth-order valence-corrected chi connectivity index (χ4v) is 4.14. The van der Waals surface area contributed by atoms with Crippen LogP contribution in [0.4, 0.5) is 0 Å². The van der Waals surface area contributed by atoms with E-state index >= 15 is 0 Å². The number of piperidine rings is 1. The summed E-state index contributed by atoms with van der Waals surface area (Å²) in [6, 6.07) is 6.01. The average molecular weight is 325 g/mol. The Bertz CT molecular complexity index is 675. The van der Waals surface area contributed by atoms with Crippen molar-refractivity contribution < 1.29 is 23.1 Å². The van der Waals surface area contributed by atoms with Crippen LogP contribution in [0, 0.1) is 5.92 Å². The molecule has 0 aliphatic carbocycles. The number of carbonyl (C=O) groups is 2. The van der Waals surface area contributed by atoms with E-state index in [0.29, 0.717) is 31.5 Å². The van der Waals surface area contributed by atoms with Gasteiger partial charge in [0.05, 0.1) is 4.90 Å². The normalized spacial score (nSPS) is 17.3. The summed E-state index contributed by atoms with van der Waals surface area (Å²) < 4.78 is 26.5. The number of ketones is 1. The second-order valence-electron chi connectivity index (χ2n) is 5.53. The average Bonchev–Trinajstić information content (AvgIpc) is 2.47. The van der Waals surface area contributed by atoms with Gasteiger partial charge in [0.25, 0.3) is 0 Å². The molecule has 0 amide bonds. The number of Topliss-reactive ketones (excluding diaryl/α,β-unsaturated/α-hetero) is 1. The van der Waals surface area contributed by atoms with Crippen LogP contribution in [0.2, 0.25) is 0 Å². The van der Waals surface area contributed by atoms with Crippen molar-refractivity contribution in [1.82, 2.24) is 4.31 Å². The van der Waals surface area contributed by atoms with E-state index in [0.717, 1.165) is 0 Å². The summed E-state index contributed by atoms with van der Waals surface area (Å²) in [5.41, 5.74) is 0.363. The van der Waals surface area contributed by atoms with Crippen molar-refractivity contribution in [1.29, 1.82) is 0 Å². The fraction of sp³-hybridized carbons (Fsp3) is 0.467. The van der Waals surface area contributed by atoms with Crippen molar-refractivity contribution in [3.8, 4) is 0 Å². The van der Waals surface area contributed by atoms with Gasteiger partial charge in [-0.25, -0.2) is 8.42 Å². The molecule has 1 aliphatic rings. The van der Waals surface area contributed by atoms with Gasteiger partial charge < -0.3 is 5.11 Å². The monoisotopic (exact) mass is 325 g/mol. The maximum absolute atomic E-state index is 12.6. The Kier molecular flexibility index (Phi) is 4.97. The van der Waals surface area contributed by atoms with Gasteiger partial charge in [-0.2, -0.15) is 4.31 Å². The Labute approximate surface area is 129 Å². The third-order valence-corrected chi connectivity index (χ3v) is 5.81. The lowest BCUT2D eigenvalue weighted by atomic mass is 9.95. The minimum absolute atomic E-state index is 0.0208. The quantitative estimate of drug-likeness (QED) is 0.833. The summed E-state index contributed by atoms with van der Waals surface area (Å²) in [6.07, 6.45) is 1.16. The second-order valence-corrected chi connectivity index (χ2v) is 7.47. The lowest BCUT2D eigenvalue weighted by molar-refractivity contribution is -0.138. The number of carboxylic acids is 1. The minimum Gasteiger partial charge on any atom is -0.481 e.